The first kappa shape index (κ1) is 11.8. The SMILES string of the molecule is COC(=O)c1ccc(OC)c2c1C(C)(C)CO2. The Balaban J connectivity index is 2.65. The first-order valence-electron chi connectivity index (χ1n) is 5.44. The highest BCUT2D eigenvalue weighted by Gasteiger charge is 2.38. The molecule has 1 aliphatic rings. The molecule has 0 spiro atoms. The van der Waals surface area contributed by atoms with Gasteiger partial charge in [-0.2, -0.15) is 0 Å². The quantitative estimate of drug-likeness (QED) is 0.738. The molecular weight excluding hydrogens is 220 g/mol. The maximum atomic E-state index is 11.7. The van der Waals surface area contributed by atoms with Gasteiger partial charge in [0.15, 0.2) is 11.5 Å². The van der Waals surface area contributed by atoms with Crippen LogP contribution in [-0.2, 0) is 10.2 Å². The zero-order chi connectivity index (χ0) is 12.6. The van der Waals surface area contributed by atoms with Crippen LogP contribution < -0.4 is 9.47 Å². The number of hydrogen-bond donors (Lipinski definition) is 0. The number of ether oxygens (including phenoxy) is 3. The lowest BCUT2D eigenvalue weighted by molar-refractivity contribution is 0.0598. The molecule has 0 radical (unpaired) electrons. The van der Waals surface area contributed by atoms with Gasteiger partial charge < -0.3 is 14.2 Å². The van der Waals surface area contributed by atoms with Crippen LogP contribution in [0.5, 0.6) is 11.5 Å². The fourth-order valence-electron chi connectivity index (χ4n) is 2.14. The predicted octanol–water partition coefficient (Wildman–Crippen LogP) is 2.15. The van der Waals surface area contributed by atoms with Crippen molar-refractivity contribution >= 4 is 5.97 Å². The number of hydrogen-bond acceptors (Lipinski definition) is 4. The molecule has 0 aliphatic carbocycles. The lowest BCUT2D eigenvalue weighted by Crippen LogP contribution is -2.21. The summed E-state index contributed by atoms with van der Waals surface area (Å²) in [5, 5.41) is 0. The molecular formula is C13H16O4. The molecule has 1 aromatic carbocycles. The highest BCUT2D eigenvalue weighted by Crippen LogP contribution is 2.46. The van der Waals surface area contributed by atoms with Gasteiger partial charge in [-0.1, -0.05) is 13.8 Å². The van der Waals surface area contributed by atoms with Crippen molar-refractivity contribution in [3.05, 3.63) is 23.3 Å². The summed E-state index contributed by atoms with van der Waals surface area (Å²) in [4.78, 5) is 11.7. The summed E-state index contributed by atoms with van der Waals surface area (Å²) in [6, 6.07) is 3.45. The van der Waals surface area contributed by atoms with Crippen LogP contribution in [0.15, 0.2) is 12.1 Å². The van der Waals surface area contributed by atoms with Gasteiger partial charge in [-0.05, 0) is 12.1 Å². The zero-order valence-electron chi connectivity index (χ0n) is 10.5. The Morgan fingerprint density at radius 1 is 1.35 bits per heavy atom. The third-order valence-corrected chi connectivity index (χ3v) is 3.00. The minimum absolute atomic E-state index is 0.215. The smallest absolute Gasteiger partial charge is 0.338 e. The van der Waals surface area contributed by atoms with Crippen molar-refractivity contribution in [2.75, 3.05) is 20.8 Å². The van der Waals surface area contributed by atoms with Crippen LogP contribution in [0, 0.1) is 0 Å². The molecule has 0 atom stereocenters. The summed E-state index contributed by atoms with van der Waals surface area (Å²) < 4.78 is 15.7. The molecule has 1 aromatic rings. The minimum Gasteiger partial charge on any atom is -0.493 e. The number of rotatable bonds is 2. The lowest BCUT2D eigenvalue weighted by Gasteiger charge is -2.18. The van der Waals surface area contributed by atoms with E-state index in [0.717, 1.165) is 5.56 Å². The average molecular weight is 236 g/mol. The number of fused-ring (bicyclic) bond motifs is 1. The standard InChI is InChI=1S/C13H16O4/c1-13(2)7-17-11-9(15-3)6-5-8(10(11)13)12(14)16-4/h5-6H,7H2,1-4H3. The van der Waals surface area contributed by atoms with E-state index in [9.17, 15) is 4.79 Å². The van der Waals surface area contributed by atoms with Crippen LogP contribution in [0.25, 0.3) is 0 Å². The summed E-state index contributed by atoms with van der Waals surface area (Å²) in [5.74, 6) is 0.959. The second kappa shape index (κ2) is 3.95. The molecule has 4 heteroatoms. The minimum atomic E-state index is -0.345. The molecule has 0 bridgehead atoms. The molecule has 17 heavy (non-hydrogen) atoms. The normalized spacial score (nSPS) is 16.0. The fraction of sp³-hybridized carbons (Fsp3) is 0.462. The van der Waals surface area contributed by atoms with Gasteiger partial charge in [-0.25, -0.2) is 4.79 Å². The van der Waals surface area contributed by atoms with Gasteiger partial charge in [0.1, 0.15) is 0 Å². The summed E-state index contributed by atoms with van der Waals surface area (Å²) in [6.45, 7) is 4.60. The Morgan fingerprint density at radius 2 is 2.06 bits per heavy atom. The third-order valence-electron chi connectivity index (χ3n) is 3.00. The Hall–Kier alpha value is -1.71. The Morgan fingerprint density at radius 3 is 2.65 bits per heavy atom. The molecule has 0 aromatic heterocycles. The summed E-state index contributed by atoms with van der Waals surface area (Å²) in [7, 11) is 2.96. The van der Waals surface area contributed by atoms with E-state index in [1.165, 1.54) is 7.11 Å². The summed E-state index contributed by atoms with van der Waals surface area (Å²) in [5.41, 5.74) is 1.20. The molecule has 0 amide bonds. The number of carbonyl (C=O) groups is 1. The van der Waals surface area contributed by atoms with Crippen LogP contribution in [0.4, 0.5) is 0 Å². The Kier molecular flexibility index (Phi) is 2.73. The van der Waals surface area contributed by atoms with Crippen molar-refractivity contribution in [1.82, 2.24) is 0 Å². The maximum absolute atomic E-state index is 11.7. The average Bonchev–Trinajstić information content (AvgIpc) is 2.64. The van der Waals surface area contributed by atoms with E-state index in [4.69, 9.17) is 14.2 Å². The van der Waals surface area contributed by atoms with Crippen LogP contribution in [0.1, 0.15) is 29.8 Å². The van der Waals surface area contributed by atoms with Gasteiger partial charge in [0.2, 0.25) is 0 Å². The number of carbonyl (C=O) groups excluding carboxylic acids is 1. The van der Waals surface area contributed by atoms with Gasteiger partial charge in [0.05, 0.1) is 26.4 Å². The second-order valence-corrected chi connectivity index (χ2v) is 4.68. The third kappa shape index (κ3) is 1.73. The molecule has 0 fully saturated rings. The molecule has 92 valence electrons. The summed E-state index contributed by atoms with van der Waals surface area (Å²) in [6.07, 6.45) is 0. The molecule has 1 heterocycles. The van der Waals surface area contributed by atoms with Gasteiger partial charge in [0.25, 0.3) is 0 Å². The van der Waals surface area contributed by atoms with Gasteiger partial charge in [0, 0.05) is 11.0 Å². The van der Waals surface area contributed by atoms with E-state index >= 15 is 0 Å². The highest BCUT2D eigenvalue weighted by molar-refractivity contribution is 5.93. The maximum Gasteiger partial charge on any atom is 0.338 e. The van der Waals surface area contributed by atoms with E-state index in [2.05, 4.69) is 0 Å². The van der Waals surface area contributed by atoms with E-state index in [-0.39, 0.29) is 11.4 Å². The van der Waals surface area contributed by atoms with Gasteiger partial charge in [-0.15, -0.1) is 0 Å². The van der Waals surface area contributed by atoms with E-state index in [0.29, 0.717) is 23.7 Å². The van der Waals surface area contributed by atoms with Gasteiger partial charge >= 0.3 is 5.97 Å². The summed E-state index contributed by atoms with van der Waals surface area (Å²) >= 11 is 0. The van der Waals surface area contributed by atoms with Crippen LogP contribution in [0.2, 0.25) is 0 Å². The van der Waals surface area contributed by atoms with Crippen molar-refractivity contribution < 1.29 is 19.0 Å². The monoisotopic (exact) mass is 236 g/mol. The van der Waals surface area contributed by atoms with E-state index in [1.54, 1.807) is 19.2 Å². The zero-order valence-corrected chi connectivity index (χ0v) is 10.5. The van der Waals surface area contributed by atoms with Crippen molar-refractivity contribution in [1.29, 1.82) is 0 Å². The van der Waals surface area contributed by atoms with Crippen LogP contribution in [0.3, 0.4) is 0 Å². The molecule has 4 nitrogen and oxygen atoms in total. The predicted molar refractivity (Wildman–Crippen MR) is 62.9 cm³/mol. The largest absolute Gasteiger partial charge is 0.493 e. The van der Waals surface area contributed by atoms with Crippen LogP contribution in [-0.4, -0.2) is 26.8 Å². The van der Waals surface area contributed by atoms with Crippen molar-refractivity contribution in [2.24, 2.45) is 0 Å². The number of methoxy groups -OCH3 is 2. The second-order valence-electron chi connectivity index (χ2n) is 4.68. The number of esters is 1. The highest BCUT2D eigenvalue weighted by atomic mass is 16.5. The number of benzene rings is 1. The van der Waals surface area contributed by atoms with Crippen molar-refractivity contribution in [3.63, 3.8) is 0 Å². The van der Waals surface area contributed by atoms with E-state index in [1.807, 2.05) is 13.8 Å². The molecule has 1 aliphatic heterocycles. The van der Waals surface area contributed by atoms with E-state index < -0.39 is 0 Å². The fourth-order valence-corrected chi connectivity index (χ4v) is 2.14. The van der Waals surface area contributed by atoms with Crippen LogP contribution >= 0.6 is 0 Å². The van der Waals surface area contributed by atoms with Gasteiger partial charge in [-0.3, -0.25) is 0 Å². The lowest BCUT2D eigenvalue weighted by atomic mass is 9.83. The molecule has 0 saturated carbocycles. The van der Waals surface area contributed by atoms with Crippen molar-refractivity contribution in [2.45, 2.75) is 19.3 Å². The molecule has 0 unspecified atom stereocenters. The molecule has 2 rings (SSSR count). The molecule has 0 N–H and O–H groups in total. The van der Waals surface area contributed by atoms with Crippen molar-refractivity contribution in [3.8, 4) is 11.5 Å². The first-order valence-corrected chi connectivity index (χ1v) is 5.44. The Labute approximate surface area is 100 Å². The topological polar surface area (TPSA) is 44.8 Å². The first-order chi connectivity index (χ1) is 8.01. The Bertz CT molecular complexity index is 463. The molecule has 0 saturated heterocycles.